The maximum Gasteiger partial charge on any atom is 0.219 e. The van der Waals surface area contributed by atoms with Crippen molar-refractivity contribution in [3.05, 3.63) is 48.9 Å². The maximum absolute atomic E-state index is 12.0. The van der Waals surface area contributed by atoms with E-state index in [0.29, 0.717) is 54.5 Å². The Morgan fingerprint density at radius 2 is 1.67 bits per heavy atom. The third-order valence-corrected chi connectivity index (χ3v) is 6.46. The smallest absolute Gasteiger partial charge is 0.219 e. The van der Waals surface area contributed by atoms with Crippen molar-refractivity contribution in [2.24, 2.45) is 0 Å². The van der Waals surface area contributed by atoms with Gasteiger partial charge < -0.3 is 15.4 Å². The first-order chi connectivity index (χ1) is 15.9. The molecule has 1 saturated heterocycles. The summed E-state index contributed by atoms with van der Waals surface area (Å²) in [7, 11) is -3.33. The SMILES string of the molecule is CS(=O)(=O)c1cccc(-c2cnc3c(N4CCOCC4)nc(-c4cnc(N)nc4)nc3c2)c1. The number of hydrogen-bond acceptors (Lipinski definition) is 10. The molecule has 2 N–H and O–H groups in total. The van der Waals surface area contributed by atoms with Crippen LogP contribution in [0.3, 0.4) is 0 Å². The predicted molar refractivity (Wildman–Crippen MR) is 124 cm³/mol. The summed E-state index contributed by atoms with van der Waals surface area (Å²) in [5, 5.41) is 0. The Bertz CT molecular complexity index is 1440. The van der Waals surface area contributed by atoms with Gasteiger partial charge in [-0.2, -0.15) is 0 Å². The summed E-state index contributed by atoms with van der Waals surface area (Å²) in [4.78, 5) is 24.6. The number of nitrogens with two attached hydrogens (primary N) is 1. The molecule has 0 atom stereocenters. The molecule has 0 bridgehead atoms. The molecule has 0 saturated carbocycles. The van der Waals surface area contributed by atoms with E-state index in [-0.39, 0.29) is 10.8 Å². The number of ether oxygens (including phenoxy) is 1. The largest absolute Gasteiger partial charge is 0.378 e. The summed E-state index contributed by atoms with van der Waals surface area (Å²) < 4.78 is 29.5. The van der Waals surface area contributed by atoms with E-state index >= 15 is 0 Å². The van der Waals surface area contributed by atoms with Gasteiger partial charge in [-0.05, 0) is 23.8 Å². The molecule has 5 rings (SSSR count). The molecule has 4 aromatic rings. The molecule has 0 spiro atoms. The molecule has 1 fully saturated rings. The molecular weight excluding hydrogens is 442 g/mol. The van der Waals surface area contributed by atoms with E-state index in [4.69, 9.17) is 20.4 Å². The van der Waals surface area contributed by atoms with Gasteiger partial charge in [0.05, 0.1) is 29.2 Å². The lowest BCUT2D eigenvalue weighted by Crippen LogP contribution is -2.37. The Labute approximate surface area is 190 Å². The van der Waals surface area contributed by atoms with Crippen LogP contribution in [0.4, 0.5) is 11.8 Å². The average Bonchev–Trinajstić information content (AvgIpc) is 2.83. The van der Waals surface area contributed by atoms with E-state index in [9.17, 15) is 8.42 Å². The minimum Gasteiger partial charge on any atom is -0.378 e. The highest BCUT2D eigenvalue weighted by molar-refractivity contribution is 7.90. The van der Waals surface area contributed by atoms with Crippen LogP contribution in [-0.2, 0) is 14.6 Å². The Hall–Kier alpha value is -3.70. The van der Waals surface area contributed by atoms with E-state index in [1.54, 1.807) is 36.8 Å². The molecule has 168 valence electrons. The minimum absolute atomic E-state index is 0.169. The van der Waals surface area contributed by atoms with Gasteiger partial charge in [-0.25, -0.2) is 28.4 Å². The highest BCUT2D eigenvalue weighted by atomic mass is 32.2. The van der Waals surface area contributed by atoms with Crippen molar-refractivity contribution in [2.75, 3.05) is 43.2 Å². The molecule has 33 heavy (non-hydrogen) atoms. The second-order valence-corrected chi connectivity index (χ2v) is 9.71. The second kappa shape index (κ2) is 8.34. The van der Waals surface area contributed by atoms with E-state index in [1.165, 1.54) is 6.26 Å². The molecule has 10 nitrogen and oxygen atoms in total. The van der Waals surface area contributed by atoms with E-state index in [0.717, 1.165) is 11.1 Å². The molecule has 0 aliphatic carbocycles. The number of nitrogen functional groups attached to an aromatic ring is 1. The number of nitrogens with zero attached hydrogens (tertiary/aromatic N) is 6. The first-order valence-corrected chi connectivity index (χ1v) is 12.2. The Balaban J connectivity index is 1.68. The lowest BCUT2D eigenvalue weighted by molar-refractivity contribution is 0.122. The summed E-state index contributed by atoms with van der Waals surface area (Å²) in [6, 6.07) is 8.65. The monoisotopic (exact) mass is 463 g/mol. The normalized spacial score (nSPS) is 14.5. The van der Waals surface area contributed by atoms with Crippen LogP contribution in [0.5, 0.6) is 0 Å². The van der Waals surface area contributed by atoms with Crippen molar-refractivity contribution in [3.63, 3.8) is 0 Å². The van der Waals surface area contributed by atoms with Gasteiger partial charge in [0, 0.05) is 43.5 Å². The fraction of sp³-hybridized carbons (Fsp3) is 0.227. The molecular formula is C22H21N7O3S. The number of aromatic nitrogens is 5. The van der Waals surface area contributed by atoms with Crippen molar-refractivity contribution in [1.29, 1.82) is 0 Å². The molecule has 1 aliphatic rings. The van der Waals surface area contributed by atoms with Crippen LogP contribution < -0.4 is 10.6 Å². The van der Waals surface area contributed by atoms with Crippen LogP contribution in [-0.4, -0.2) is 65.9 Å². The van der Waals surface area contributed by atoms with Crippen LogP contribution in [0, 0.1) is 0 Å². The van der Waals surface area contributed by atoms with Crippen LogP contribution in [0.2, 0.25) is 0 Å². The van der Waals surface area contributed by atoms with Crippen molar-refractivity contribution in [2.45, 2.75) is 4.90 Å². The summed E-state index contributed by atoms with van der Waals surface area (Å²) in [5.74, 6) is 1.32. The summed E-state index contributed by atoms with van der Waals surface area (Å²) in [6.45, 7) is 2.57. The first kappa shape index (κ1) is 21.2. The van der Waals surface area contributed by atoms with Crippen molar-refractivity contribution in [3.8, 4) is 22.5 Å². The molecule has 4 heterocycles. The topological polar surface area (TPSA) is 137 Å². The quantitative estimate of drug-likeness (QED) is 0.478. The van der Waals surface area contributed by atoms with E-state index in [1.807, 2.05) is 12.1 Å². The van der Waals surface area contributed by atoms with Crippen molar-refractivity contribution < 1.29 is 13.2 Å². The summed E-state index contributed by atoms with van der Waals surface area (Å²) in [5.41, 5.74) is 9.02. The first-order valence-electron chi connectivity index (χ1n) is 10.3. The highest BCUT2D eigenvalue weighted by Crippen LogP contribution is 2.30. The van der Waals surface area contributed by atoms with Gasteiger partial charge in [0.1, 0.15) is 5.52 Å². The summed E-state index contributed by atoms with van der Waals surface area (Å²) in [6.07, 6.45) is 6.06. The van der Waals surface area contributed by atoms with Gasteiger partial charge in [0.25, 0.3) is 0 Å². The van der Waals surface area contributed by atoms with Crippen molar-refractivity contribution >= 4 is 32.6 Å². The van der Waals surface area contributed by atoms with Gasteiger partial charge in [0.2, 0.25) is 5.95 Å². The Morgan fingerprint density at radius 1 is 0.939 bits per heavy atom. The molecule has 0 amide bonds. The highest BCUT2D eigenvalue weighted by Gasteiger charge is 2.20. The average molecular weight is 464 g/mol. The molecule has 11 heteroatoms. The van der Waals surface area contributed by atoms with Crippen molar-refractivity contribution in [1.82, 2.24) is 24.9 Å². The fourth-order valence-corrected chi connectivity index (χ4v) is 4.31. The number of morpholine rings is 1. The number of hydrogen-bond donors (Lipinski definition) is 1. The van der Waals surface area contributed by atoms with E-state index < -0.39 is 9.84 Å². The zero-order chi connectivity index (χ0) is 23.0. The standard InChI is InChI=1S/C22H21N7O3S/c1-33(30,31)17-4-2-3-14(9-17)15-10-18-19(24-11-15)21(29-5-7-32-8-6-29)28-20(27-18)16-12-25-22(23)26-13-16/h2-4,9-13H,5-8H2,1H3,(H2,23,25,26). The fourth-order valence-electron chi connectivity index (χ4n) is 3.65. The number of fused-ring (bicyclic) bond motifs is 1. The molecule has 3 aromatic heterocycles. The number of pyridine rings is 1. The molecule has 1 aliphatic heterocycles. The molecule has 0 radical (unpaired) electrons. The van der Waals surface area contributed by atoms with Gasteiger partial charge in [-0.15, -0.1) is 0 Å². The third kappa shape index (κ3) is 4.32. The van der Waals surface area contributed by atoms with Crippen LogP contribution in [0.15, 0.2) is 53.8 Å². The van der Waals surface area contributed by atoms with Gasteiger partial charge in [0.15, 0.2) is 21.5 Å². The number of rotatable bonds is 4. The van der Waals surface area contributed by atoms with Gasteiger partial charge in [-0.3, -0.25) is 4.98 Å². The van der Waals surface area contributed by atoms with Gasteiger partial charge in [-0.1, -0.05) is 12.1 Å². The Kier molecular flexibility index (Phi) is 5.35. The zero-order valence-electron chi connectivity index (χ0n) is 17.8. The second-order valence-electron chi connectivity index (χ2n) is 7.69. The predicted octanol–water partition coefficient (Wildman–Crippen LogP) is 1.97. The summed E-state index contributed by atoms with van der Waals surface area (Å²) >= 11 is 0. The minimum atomic E-state index is -3.33. The lowest BCUT2D eigenvalue weighted by Gasteiger charge is -2.28. The van der Waals surface area contributed by atoms with Gasteiger partial charge >= 0.3 is 0 Å². The number of sulfone groups is 1. The third-order valence-electron chi connectivity index (χ3n) is 5.35. The zero-order valence-corrected chi connectivity index (χ0v) is 18.7. The number of benzene rings is 1. The number of anilines is 2. The van der Waals surface area contributed by atoms with E-state index in [2.05, 4.69) is 19.9 Å². The lowest BCUT2D eigenvalue weighted by atomic mass is 10.1. The maximum atomic E-state index is 12.0. The van der Waals surface area contributed by atoms with Crippen LogP contribution >= 0.6 is 0 Å². The molecule has 0 unspecified atom stereocenters. The van der Waals surface area contributed by atoms with Crippen LogP contribution in [0.1, 0.15) is 0 Å². The Morgan fingerprint density at radius 3 is 2.39 bits per heavy atom. The molecule has 1 aromatic carbocycles. The van der Waals surface area contributed by atoms with Crippen LogP contribution in [0.25, 0.3) is 33.5 Å².